The molecule has 0 radical (unpaired) electrons. The standard InChI is InChI=1S/C19H24N2O/c1-12-8-9-13(2)15(10-12)18(20)16-11-14-6-4-5-7-17(14)21(3)19(16)22/h8-11,18H,4-7,20H2,1-3H3. The quantitative estimate of drug-likeness (QED) is 0.926. The maximum absolute atomic E-state index is 12.7. The topological polar surface area (TPSA) is 48.0 Å². The zero-order valence-corrected chi connectivity index (χ0v) is 13.6. The minimum absolute atomic E-state index is 0.0501. The molecule has 0 fully saturated rings. The molecule has 1 unspecified atom stereocenters. The van der Waals surface area contributed by atoms with Gasteiger partial charge < -0.3 is 10.3 Å². The van der Waals surface area contributed by atoms with Gasteiger partial charge in [0.05, 0.1) is 6.04 Å². The van der Waals surface area contributed by atoms with Gasteiger partial charge in [0, 0.05) is 18.3 Å². The molecular weight excluding hydrogens is 272 g/mol. The molecule has 1 aromatic heterocycles. The highest BCUT2D eigenvalue weighted by molar-refractivity contribution is 5.40. The molecule has 3 heteroatoms. The summed E-state index contributed by atoms with van der Waals surface area (Å²) in [5.74, 6) is 0. The van der Waals surface area contributed by atoms with Crippen molar-refractivity contribution in [2.45, 2.75) is 45.6 Å². The molecule has 3 nitrogen and oxygen atoms in total. The molecule has 0 bridgehead atoms. The third kappa shape index (κ3) is 2.50. The molecule has 1 atom stereocenters. The average Bonchev–Trinajstić information content (AvgIpc) is 2.52. The van der Waals surface area contributed by atoms with Gasteiger partial charge in [-0.05, 0) is 62.3 Å². The fraction of sp³-hybridized carbons (Fsp3) is 0.421. The van der Waals surface area contributed by atoms with Crippen molar-refractivity contribution in [1.29, 1.82) is 0 Å². The third-order valence-electron chi connectivity index (χ3n) is 4.87. The lowest BCUT2D eigenvalue weighted by Gasteiger charge is -2.23. The van der Waals surface area contributed by atoms with E-state index in [-0.39, 0.29) is 11.6 Å². The summed E-state index contributed by atoms with van der Waals surface area (Å²) in [6.45, 7) is 4.11. The zero-order chi connectivity index (χ0) is 15.9. The normalized spacial score (nSPS) is 15.5. The monoisotopic (exact) mass is 296 g/mol. The van der Waals surface area contributed by atoms with E-state index < -0.39 is 0 Å². The number of aromatic nitrogens is 1. The van der Waals surface area contributed by atoms with Gasteiger partial charge in [0.25, 0.3) is 5.56 Å². The van der Waals surface area contributed by atoms with Gasteiger partial charge in [-0.3, -0.25) is 4.79 Å². The number of nitrogens with zero attached hydrogens (tertiary/aromatic N) is 1. The Morgan fingerprint density at radius 3 is 2.59 bits per heavy atom. The van der Waals surface area contributed by atoms with E-state index in [0.717, 1.165) is 29.5 Å². The van der Waals surface area contributed by atoms with E-state index in [2.05, 4.69) is 38.1 Å². The van der Waals surface area contributed by atoms with Crippen LogP contribution < -0.4 is 11.3 Å². The van der Waals surface area contributed by atoms with Crippen LogP contribution in [0.25, 0.3) is 0 Å². The first kappa shape index (κ1) is 15.0. The number of hydrogen-bond acceptors (Lipinski definition) is 2. The van der Waals surface area contributed by atoms with Crippen LogP contribution in [0.3, 0.4) is 0 Å². The van der Waals surface area contributed by atoms with Crippen molar-refractivity contribution in [3.63, 3.8) is 0 Å². The number of nitrogens with two attached hydrogens (primary N) is 1. The van der Waals surface area contributed by atoms with Gasteiger partial charge >= 0.3 is 0 Å². The molecule has 0 spiro atoms. The lowest BCUT2D eigenvalue weighted by Crippen LogP contribution is -2.31. The van der Waals surface area contributed by atoms with Gasteiger partial charge in [0.1, 0.15) is 0 Å². The molecule has 116 valence electrons. The Bertz CT molecular complexity index is 774. The van der Waals surface area contributed by atoms with Crippen molar-refractivity contribution in [3.05, 3.63) is 68.1 Å². The smallest absolute Gasteiger partial charge is 0.255 e. The molecule has 1 aliphatic rings. The Morgan fingerprint density at radius 2 is 1.82 bits per heavy atom. The lowest BCUT2D eigenvalue weighted by molar-refractivity contribution is 0.614. The lowest BCUT2D eigenvalue weighted by atomic mass is 9.90. The highest BCUT2D eigenvalue weighted by atomic mass is 16.1. The fourth-order valence-electron chi connectivity index (χ4n) is 3.50. The van der Waals surface area contributed by atoms with Crippen molar-refractivity contribution in [1.82, 2.24) is 4.57 Å². The van der Waals surface area contributed by atoms with Crippen LogP contribution in [-0.4, -0.2) is 4.57 Å². The molecule has 2 N–H and O–H groups in total. The van der Waals surface area contributed by atoms with Gasteiger partial charge in [-0.2, -0.15) is 0 Å². The van der Waals surface area contributed by atoms with Gasteiger partial charge in [-0.25, -0.2) is 0 Å². The molecule has 0 aliphatic heterocycles. The summed E-state index contributed by atoms with van der Waals surface area (Å²) in [6, 6.07) is 7.96. The Kier molecular flexibility index (Phi) is 3.92. The van der Waals surface area contributed by atoms with E-state index in [1.54, 1.807) is 0 Å². The number of benzene rings is 1. The summed E-state index contributed by atoms with van der Waals surface area (Å²) in [5.41, 5.74) is 13.1. The number of aryl methyl sites for hydroxylation is 3. The van der Waals surface area contributed by atoms with Crippen molar-refractivity contribution in [2.24, 2.45) is 12.8 Å². The van der Waals surface area contributed by atoms with E-state index in [9.17, 15) is 4.79 Å². The first-order valence-corrected chi connectivity index (χ1v) is 8.03. The maximum atomic E-state index is 12.7. The first-order valence-electron chi connectivity index (χ1n) is 8.03. The van der Waals surface area contributed by atoms with E-state index in [4.69, 9.17) is 5.73 Å². The second kappa shape index (κ2) is 5.73. The molecule has 0 saturated carbocycles. The summed E-state index contributed by atoms with van der Waals surface area (Å²) in [6.07, 6.45) is 4.42. The van der Waals surface area contributed by atoms with Crippen molar-refractivity contribution in [2.75, 3.05) is 0 Å². The predicted octanol–water partition coefficient (Wildman–Crippen LogP) is 2.93. The van der Waals surface area contributed by atoms with E-state index in [0.29, 0.717) is 0 Å². The molecule has 0 amide bonds. The van der Waals surface area contributed by atoms with Crippen molar-refractivity contribution < 1.29 is 0 Å². The van der Waals surface area contributed by atoms with Crippen LogP contribution in [0, 0.1) is 13.8 Å². The summed E-state index contributed by atoms with van der Waals surface area (Å²) >= 11 is 0. The third-order valence-corrected chi connectivity index (χ3v) is 4.87. The van der Waals surface area contributed by atoms with Gasteiger partial charge in [-0.15, -0.1) is 0 Å². The highest BCUT2D eigenvalue weighted by Gasteiger charge is 2.21. The summed E-state index contributed by atoms with van der Waals surface area (Å²) in [4.78, 5) is 12.7. The fourth-order valence-corrected chi connectivity index (χ4v) is 3.50. The Labute approximate surface area is 131 Å². The summed E-state index contributed by atoms with van der Waals surface area (Å²) in [5, 5.41) is 0. The van der Waals surface area contributed by atoms with Crippen LogP contribution in [0.15, 0.2) is 29.1 Å². The van der Waals surface area contributed by atoms with Crippen LogP contribution in [-0.2, 0) is 19.9 Å². The van der Waals surface area contributed by atoms with Crippen LogP contribution in [0.2, 0.25) is 0 Å². The zero-order valence-electron chi connectivity index (χ0n) is 13.6. The first-order chi connectivity index (χ1) is 10.5. The number of fused-ring (bicyclic) bond motifs is 1. The molecule has 3 rings (SSSR count). The van der Waals surface area contributed by atoms with Crippen molar-refractivity contribution in [3.8, 4) is 0 Å². The Hall–Kier alpha value is -1.87. The number of pyridine rings is 1. The average molecular weight is 296 g/mol. The molecule has 2 aromatic rings. The molecule has 22 heavy (non-hydrogen) atoms. The van der Waals surface area contributed by atoms with Crippen LogP contribution in [0.1, 0.15) is 52.4 Å². The van der Waals surface area contributed by atoms with Crippen LogP contribution >= 0.6 is 0 Å². The number of rotatable bonds is 2. The molecular formula is C19H24N2O. The van der Waals surface area contributed by atoms with Crippen LogP contribution in [0.5, 0.6) is 0 Å². The largest absolute Gasteiger partial charge is 0.320 e. The van der Waals surface area contributed by atoms with Gasteiger partial charge in [0.2, 0.25) is 0 Å². The van der Waals surface area contributed by atoms with E-state index in [1.807, 2.05) is 11.6 Å². The Morgan fingerprint density at radius 1 is 1.09 bits per heavy atom. The minimum Gasteiger partial charge on any atom is -0.320 e. The molecule has 1 heterocycles. The second-order valence-electron chi connectivity index (χ2n) is 6.48. The molecule has 1 aromatic carbocycles. The molecule has 0 saturated heterocycles. The van der Waals surface area contributed by atoms with E-state index >= 15 is 0 Å². The maximum Gasteiger partial charge on any atom is 0.255 e. The van der Waals surface area contributed by atoms with Gasteiger partial charge in [-0.1, -0.05) is 23.8 Å². The second-order valence-corrected chi connectivity index (χ2v) is 6.48. The van der Waals surface area contributed by atoms with Crippen LogP contribution in [0.4, 0.5) is 0 Å². The minimum atomic E-state index is -0.356. The summed E-state index contributed by atoms with van der Waals surface area (Å²) < 4.78 is 1.81. The van der Waals surface area contributed by atoms with Crippen molar-refractivity contribution >= 4 is 0 Å². The number of hydrogen-bond donors (Lipinski definition) is 1. The highest BCUT2D eigenvalue weighted by Crippen LogP contribution is 2.26. The molecule has 1 aliphatic carbocycles. The van der Waals surface area contributed by atoms with Gasteiger partial charge in [0.15, 0.2) is 0 Å². The predicted molar refractivity (Wildman–Crippen MR) is 90.3 cm³/mol. The summed E-state index contributed by atoms with van der Waals surface area (Å²) in [7, 11) is 1.88. The SMILES string of the molecule is Cc1ccc(C)c(C(N)c2cc3c(n(C)c2=O)CCCC3)c1. The van der Waals surface area contributed by atoms with E-state index in [1.165, 1.54) is 29.7 Å². The Balaban J connectivity index is 2.13.